The standard InChI is InChI=1S/C28H34O7/c1-14-12-27-15(2)10-20-21(26(20,3)4)19(23(27)31)11-17(13-29)22(30)28(27,33)24(14)35-25(32)16-6-8-18(34-5)9-7-16/h6-9,11-12,15,19-22,24,29-30,33H,10,13H2,1-5H3/t15-,19+,20-,21+,22-,24+,27+,28+/m1/s1. The Morgan fingerprint density at radius 3 is 2.46 bits per heavy atom. The van der Waals surface area contributed by atoms with Crippen molar-refractivity contribution >= 4 is 11.8 Å². The maximum absolute atomic E-state index is 14.3. The molecule has 5 rings (SSSR count). The molecule has 3 N–H and O–H groups in total. The molecule has 0 unspecified atom stereocenters. The Labute approximate surface area is 205 Å². The maximum atomic E-state index is 14.3. The van der Waals surface area contributed by atoms with E-state index in [9.17, 15) is 24.9 Å². The quantitative estimate of drug-likeness (QED) is 0.447. The number of rotatable bonds is 4. The van der Waals surface area contributed by atoms with Crippen LogP contribution in [0.2, 0.25) is 0 Å². The predicted octanol–water partition coefficient (Wildman–Crippen LogP) is 2.69. The van der Waals surface area contributed by atoms with Crippen LogP contribution in [-0.2, 0) is 9.53 Å². The summed E-state index contributed by atoms with van der Waals surface area (Å²) in [5.41, 5.74) is -2.66. The molecule has 188 valence electrons. The van der Waals surface area contributed by atoms with E-state index in [0.717, 1.165) is 0 Å². The molecule has 1 aromatic rings. The van der Waals surface area contributed by atoms with Gasteiger partial charge in [-0.25, -0.2) is 4.79 Å². The van der Waals surface area contributed by atoms with E-state index in [4.69, 9.17) is 9.47 Å². The Morgan fingerprint density at radius 1 is 1.20 bits per heavy atom. The number of aliphatic hydroxyl groups excluding tert-OH is 2. The van der Waals surface area contributed by atoms with E-state index in [0.29, 0.717) is 17.7 Å². The predicted molar refractivity (Wildman–Crippen MR) is 128 cm³/mol. The molecule has 4 aliphatic rings. The molecular weight excluding hydrogens is 448 g/mol. The molecule has 7 heteroatoms. The molecule has 35 heavy (non-hydrogen) atoms. The highest BCUT2D eigenvalue weighted by molar-refractivity contribution is 5.96. The first-order valence-corrected chi connectivity index (χ1v) is 12.3. The second-order valence-electron chi connectivity index (χ2n) is 11.4. The number of Topliss-reactive ketones (excluding diaryl/α,β-unsaturated/α-hetero) is 1. The topological polar surface area (TPSA) is 113 Å². The summed E-state index contributed by atoms with van der Waals surface area (Å²) in [6, 6.07) is 6.38. The van der Waals surface area contributed by atoms with Crippen LogP contribution in [-0.4, -0.2) is 58.6 Å². The summed E-state index contributed by atoms with van der Waals surface area (Å²) in [5.74, 6) is -0.755. The zero-order valence-electron chi connectivity index (χ0n) is 20.8. The Hall–Kier alpha value is -2.48. The van der Waals surface area contributed by atoms with Crippen LogP contribution in [0.4, 0.5) is 0 Å². The molecule has 0 saturated heterocycles. The highest BCUT2D eigenvalue weighted by Crippen LogP contribution is 2.71. The second kappa shape index (κ2) is 7.76. The minimum absolute atomic E-state index is 0.0434. The Bertz CT molecular complexity index is 1130. The van der Waals surface area contributed by atoms with Gasteiger partial charge in [-0.3, -0.25) is 4.79 Å². The van der Waals surface area contributed by atoms with Crippen LogP contribution >= 0.6 is 0 Å². The molecular formula is C28H34O7. The molecule has 0 radical (unpaired) electrons. The highest BCUT2D eigenvalue weighted by atomic mass is 16.6. The number of ketones is 1. The Kier molecular flexibility index (Phi) is 5.37. The fourth-order valence-electron chi connectivity index (χ4n) is 7.50. The number of aliphatic hydroxyl groups is 3. The first-order chi connectivity index (χ1) is 16.4. The third kappa shape index (κ3) is 3.01. The lowest BCUT2D eigenvalue weighted by Gasteiger charge is -2.48. The summed E-state index contributed by atoms with van der Waals surface area (Å²) in [5, 5.41) is 34.1. The minimum Gasteiger partial charge on any atom is -0.497 e. The van der Waals surface area contributed by atoms with Gasteiger partial charge in [-0.1, -0.05) is 32.9 Å². The fraction of sp³-hybridized carbons (Fsp3) is 0.571. The molecule has 0 aromatic heterocycles. The average molecular weight is 483 g/mol. The van der Waals surface area contributed by atoms with Crippen molar-refractivity contribution in [3.63, 3.8) is 0 Å². The number of fused-ring (bicyclic) bond motifs is 3. The number of esters is 1. The molecule has 7 nitrogen and oxygen atoms in total. The van der Waals surface area contributed by atoms with E-state index < -0.39 is 41.7 Å². The normalized spacial score (nSPS) is 41.0. The number of carbonyl (C=O) groups is 2. The van der Waals surface area contributed by atoms with Crippen molar-refractivity contribution < 1.29 is 34.4 Å². The minimum atomic E-state index is -2.14. The van der Waals surface area contributed by atoms with Gasteiger partial charge in [-0.05, 0) is 71.9 Å². The van der Waals surface area contributed by atoms with Gasteiger partial charge in [0.15, 0.2) is 17.5 Å². The fourth-order valence-corrected chi connectivity index (χ4v) is 7.50. The Morgan fingerprint density at radius 2 is 1.86 bits per heavy atom. The third-order valence-corrected chi connectivity index (χ3v) is 9.45. The van der Waals surface area contributed by atoms with Gasteiger partial charge in [0.1, 0.15) is 11.9 Å². The highest BCUT2D eigenvalue weighted by Gasteiger charge is 2.76. The second-order valence-corrected chi connectivity index (χ2v) is 11.4. The molecule has 0 aliphatic heterocycles. The molecule has 2 saturated carbocycles. The van der Waals surface area contributed by atoms with E-state index in [1.54, 1.807) is 43.3 Å². The van der Waals surface area contributed by atoms with Gasteiger partial charge in [0, 0.05) is 5.92 Å². The first kappa shape index (κ1) is 24.2. The van der Waals surface area contributed by atoms with Crippen molar-refractivity contribution in [3.8, 4) is 5.75 Å². The van der Waals surface area contributed by atoms with Gasteiger partial charge in [0.25, 0.3) is 0 Å². The van der Waals surface area contributed by atoms with E-state index in [1.165, 1.54) is 7.11 Å². The van der Waals surface area contributed by atoms with E-state index in [1.807, 2.05) is 6.92 Å². The summed E-state index contributed by atoms with van der Waals surface area (Å²) in [7, 11) is 1.53. The largest absolute Gasteiger partial charge is 0.497 e. The van der Waals surface area contributed by atoms with Crippen molar-refractivity contribution in [2.45, 2.75) is 51.9 Å². The number of carbonyl (C=O) groups excluding carboxylic acids is 2. The van der Waals surface area contributed by atoms with Crippen LogP contribution < -0.4 is 4.74 Å². The van der Waals surface area contributed by atoms with Gasteiger partial charge >= 0.3 is 5.97 Å². The number of benzene rings is 1. The van der Waals surface area contributed by atoms with Gasteiger partial charge in [-0.15, -0.1) is 0 Å². The van der Waals surface area contributed by atoms with E-state index in [-0.39, 0.29) is 40.1 Å². The van der Waals surface area contributed by atoms with Crippen molar-refractivity contribution in [2.75, 3.05) is 13.7 Å². The van der Waals surface area contributed by atoms with Crippen LogP contribution in [0.25, 0.3) is 0 Å². The third-order valence-electron chi connectivity index (χ3n) is 9.45. The molecule has 0 heterocycles. The van der Waals surface area contributed by atoms with Gasteiger partial charge in [0.05, 0.1) is 24.7 Å². The van der Waals surface area contributed by atoms with Crippen LogP contribution in [0, 0.1) is 34.5 Å². The zero-order valence-corrected chi connectivity index (χ0v) is 20.8. The van der Waals surface area contributed by atoms with Gasteiger partial charge in [0.2, 0.25) is 0 Å². The molecule has 2 bridgehead atoms. The van der Waals surface area contributed by atoms with Crippen molar-refractivity contribution in [1.82, 2.24) is 0 Å². The molecule has 4 aliphatic carbocycles. The molecule has 2 fully saturated rings. The Balaban J connectivity index is 1.60. The van der Waals surface area contributed by atoms with Crippen molar-refractivity contribution in [2.24, 2.45) is 34.5 Å². The number of hydrogen-bond acceptors (Lipinski definition) is 7. The number of hydrogen-bond donors (Lipinski definition) is 3. The lowest BCUT2D eigenvalue weighted by atomic mass is 9.59. The van der Waals surface area contributed by atoms with E-state index >= 15 is 0 Å². The lowest BCUT2D eigenvalue weighted by Crippen LogP contribution is -2.65. The number of methoxy groups -OCH3 is 1. The summed E-state index contributed by atoms with van der Waals surface area (Å²) < 4.78 is 11.0. The van der Waals surface area contributed by atoms with Crippen molar-refractivity contribution in [3.05, 3.63) is 53.1 Å². The molecule has 0 amide bonds. The van der Waals surface area contributed by atoms with Crippen LogP contribution in [0.15, 0.2) is 47.6 Å². The van der Waals surface area contributed by atoms with Gasteiger partial charge in [-0.2, -0.15) is 0 Å². The SMILES string of the molecule is COc1ccc(C(=O)O[C@H]2C(C)=C[C@]34C(=O)[C@@H](C=C(CO)[C@@H](O)[C@]23O)[C@H]2[C@@H](C[C@H]4C)C2(C)C)cc1. The van der Waals surface area contributed by atoms with Gasteiger partial charge < -0.3 is 24.8 Å². The smallest absolute Gasteiger partial charge is 0.338 e. The number of allylic oxidation sites excluding steroid dienone is 1. The average Bonchev–Trinajstić information content (AvgIpc) is 3.32. The van der Waals surface area contributed by atoms with Crippen LogP contribution in [0.3, 0.4) is 0 Å². The summed E-state index contributed by atoms with van der Waals surface area (Å²) in [4.78, 5) is 27.4. The van der Waals surface area contributed by atoms with E-state index in [2.05, 4.69) is 13.8 Å². The summed E-state index contributed by atoms with van der Waals surface area (Å²) >= 11 is 0. The summed E-state index contributed by atoms with van der Waals surface area (Å²) in [6.45, 7) is 7.44. The zero-order chi connectivity index (χ0) is 25.5. The first-order valence-electron chi connectivity index (χ1n) is 12.3. The maximum Gasteiger partial charge on any atom is 0.338 e. The molecule has 1 spiro atoms. The number of ether oxygens (including phenoxy) is 2. The van der Waals surface area contributed by atoms with Crippen LogP contribution in [0.1, 0.15) is 44.5 Å². The monoisotopic (exact) mass is 482 g/mol. The molecule has 1 aromatic carbocycles. The lowest BCUT2D eigenvalue weighted by molar-refractivity contribution is -0.190. The summed E-state index contributed by atoms with van der Waals surface area (Å²) in [6.07, 6.45) is 1.27. The van der Waals surface area contributed by atoms with Crippen LogP contribution in [0.5, 0.6) is 5.75 Å². The van der Waals surface area contributed by atoms with Crippen molar-refractivity contribution in [1.29, 1.82) is 0 Å². The molecule has 8 atom stereocenters.